The molecule has 0 radical (unpaired) electrons. The molecule has 1 heterocycles. The molecule has 2 rings (SSSR count). The van der Waals surface area contributed by atoms with Crippen LogP contribution in [0.5, 0.6) is 0 Å². The molecule has 1 aromatic carbocycles. The number of hydrogen-bond donors (Lipinski definition) is 2. The van der Waals surface area contributed by atoms with E-state index in [0.717, 1.165) is 57.3 Å². The molecule has 7 heteroatoms. The summed E-state index contributed by atoms with van der Waals surface area (Å²) in [4.78, 5) is 18.0. The summed E-state index contributed by atoms with van der Waals surface area (Å²) in [6, 6.07) is 7.93. The summed E-state index contributed by atoms with van der Waals surface area (Å²) in [5, 5.41) is 6.14. The third kappa shape index (κ3) is 7.90. The molecule has 2 N–H and O–H groups in total. The first-order valence-corrected chi connectivity index (χ1v) is 9.02. The highest BCUT2D eigenvalue weighted by atomic mass is 127. The average molecular weight is 474 g/mol. The molecule has 1 atom stereocenters. The maximum absolute atomic E-state index is 11.0. The molecule has 1 unspecified atom stereocenters. The van der Waals surface area contributed by atoms with Gasteiger partial charge in [-0.05, 0) is 37.5 Å². The van der Waals surface area contributed by atoms with Gasteiger partial charge in [-0.3, -0.25) is 9.79 Å². The van der Waals surface area contributed by atoms with Gasteiger partial charge in [0.1, 0.15) is 0 Å². The monoisotopic (exact) mass is 474 g/mol. The molecule has 146 valence electrons. The predicted octanol–water partition coefficient (Wildman–Crippen LogP) is 2.74. The Hall–Kier alpha value is -1.35. The lowest BCUT2D eigenvalue weighted by Crippen LogP contribution is -2.41. The van der Waals surface area contributed by atoms with Gasteiger partial charge in [-0.15, -0.1) is 24.0 Å². The van der Waals surface area contributed by atoms with E-state index < -0.39 is 0 Å². The molecular formula is C19H31IN4O2. The van der Waals surface area contributed by atoms with Crippen LogP contribution in [-0.2, 0) is 16.0 Å². The molecule has 0 spiro atoms. The second kappa shape index (κ2) is 12.1. The van der Waals surface area contributed by atoms with Crippen LogP contribution >= 0.6 is 24.0 Å². The zero-order valence-corrected chi connectivity index (χ0v) is 18.3. The highest BCUT2D eigenvalue weighted by molar-refractivity contribution is 14.0. The fourth-order valence-corrected chi connectivity index (χ4v) is 2.92. The van der Waals surface area contributed by atoms with Crippen molar-refractivity contribution in [2.24, 2.45) is 10.9 Å². The molecular weight excluding hydrogens is 443 g/mol. The van der Waals surface area contributed by atoms with Crippen LogP contribution in [0.25, 0.3) is 0 Å². The van der Waals surface area contributed by atoms with Gasteiger partial charge < -0.3 is 20.3 Å². The van der Waals surface area contributed by atoms with Crippen molar-refractivity contribution in [1.82, 2.24) is 10.2 Å². The van der Waals surface area contributed by atoms with Crippen LogP contribution in [0.15, 0.2) is 29.3 Å². The van der Waals surface area contributed by atoms with Crippen LogP contribution in [-0.4, -0.2) is 56.7 Å². The second-order valence-corrected chi connectivity index (χ2v) is 6.47. The van der Waals surface area contributed by atoms with Crippen molar-refractivity contribution in [3.05, 3.63) is 29.8 Å². The zero-order chi connectivity index (χ0) is 18.1. The summed E-state index contributed by atoms with van der Waals surface area (Å²) in [5.41, 5.74) is 2.03. The molecule has 1 amide bonds. The third-order valence-corrected chi connectivity index (χ3v) is 4.19. The highest BCUT2D eigenvalue weighted by Crippen LogP contribution is 2.13. The van der Waals surface area contributed by atoms with E-state index in [1.54, 1.807) is 0 Å². The molecule has 1 saturated heterocycles. The number of amides is 1. The smallest absolute Gasteiger partial charge is 0.221 e. The third-order valence-electron chi connectivity index (χ3n) is 4.19. The van der Waals surface area contributed by atoms with Crippen LogP contribution in [0.2, 0.25) is 0 Å². The molecule has 1 aliphatic rings. The van der Waals surface area contributed by atoms with E-state index in [-0.39, 0.29) is 29.9 Å². The quantitative estimate of drug-likeness (QED) is 0.363. The standard InChI is InChI=1S/C19H30N4O2.HI/c1-4-20-19(23(3)13-17-10-12-25-14-17)21-11-9-16-5-7-18(8-6-16)22-15(2)24;/h5-8,17H,4,9-14H2,1-3H3,(H,20,21)(H,22,24);1H. The van der Waals surface area contributed by atoms with Gasteiger partial charge in [-0.1, -0.05) is 12.1 Å². The molecule has 0 aliphatic carbocycles. The summed E-state index contributed by atoms with van der Waals surface area (Å²) in [6.07, 6.45) is 2.00. The summed E-state index contributed by atoms with van der Waals surface area (Å²) in [6.45, 7) is 7.88. The van der Waals surface area contributed by atoms with Gasteiger partial charge in [0.15, 0.2) is 5.96 Å². The van der Waals surface area contributed by atoms with E-state index in [4.69, 9.17) is 9.73 Å². The van der Waals surface area contributed by atoms with E-state index in [1.807, 2.05) is 24.3 Å². The number of aliphatic imine (C=N–C) groups is 1. The maximum atomic E-state index is 11.0. The first-order chi connectivity index (χ1) is 12.1. The molecule has 0 bridgehead atoms. The number of ether oxygens (including phenoxy) is 1. The van der Waals surface area contributed by atoms with Crippen molar-refractivity contribution in [2.75, 3.05) is 45.2 Å². The summed E-state index contributed by atoms with van der Waals surface area (Å²) in [5.74, 6) is 1.49. The minimum Gasteiger partial charge on any atom is -0.381 e. The minimum atomic E-state index is -0.0525. The number of carbonyl (C=O) groups is 1. The van der Waals surface area contributed by atoms with E-state index in [0.29, 0.717) is 5.92 Å². The van der Waals surface area contributed by atoms with Crippen LogP contribution in [0, 0.1) is 5.92 Å². The normalized spacial score (nSPS) is 16.7. The Balaban J connectivity index is 0.00000338. The first kappa shape index (κ1) is 22.7. The van der Waals surface area contributed by atoms with Gasteiger partial charge >= 0.3 is 0 Å². The Bertz CT molecular complexity index is 571. The summed E-state index contributed by atoms with van der Waals surface area (Å²) < 4.78 is 5.46. The topological polar surface area (TPSA) is 66.0 Å². The molecule has 0 saturated carbocycles. The zero-order valence-electron chi connectivity index (χ0n) is 16.0. The van der Waals surface area contributed by atoms with Crippen LogP contribution in [0.3, 0.4) is 0 Å². The number of hydrogen-bond acceptors (Lipinski definition) is 3. The van der Waals surface area contributed by atoms with Gasteiger partial charge in [0.2, 0.25) is 5.91 Å². The lowest BCUT2D eigenvalue weighted by atomic mass is 10.1. The van der Waals surface area contributed by atoms with Crippen molar-refractivity contribution in [2.45, 2.75) is 26.7 Å². The van der Waals surface area contributed by atoms with Crippen molar-refractivity contribution in [1.29, 1.82) is 0 Å². The van der Waals surface area contributed by atoms with E-state index in [1.165, 1.54) is 12.5 Å². The molecule has 1 aliphatic heterocycles. The Morgan fingerprint density at radius 1 is 1.35 bits per heavy atom. The number of anilines is 1. The fourth-order valence-electron chi connectivity index (χ4n) is 2.92. The first-order valence-electron chi connectivity index (χ1n) is 9.02. The Morgan fingerprint density at radius 3 is 2.65 bits per heavy atom. The van der Waals surface area contributed by atoms with Gasteiger partial charge in [-0.25, -0.2) is 0 Å². The maximum Gasteiger partial charge on any atom is 0.221 e. The number of nitrogens with zero attached hydrogens (tertiary/aromatic N) is 2. The highest BCUT2D eigenvalue weighted by Gasteiger charge is 2.18. The molecule has 1 aromatic rings. The van der Waals surface area contributed by atoms with E-state index in [2.05, 4.69) is 29.5 Å². The summed E-state index contributed by atoms with van der Waals surface area (Å²) in [7, 11) is 2.09. The number of guanidine groups is 1. The van der Waals surface area contributed by atoms with Crippen LogP contribution < -0.4 is 10.6 Å². The van der Waals surface area contributed by atoms with Crippen molar-refractivity contribution >= 4 is 41.5 Å². The van der Waals surface area contributed by atoms with Crippen molar-refractivity contribution in [3.63, 3.8) is 0 Å². The lowest BCUT2D eigenvalue weighted by Gasteiger charge is -2.24. The Morgan fingerprint density at radius 2 is 2.08 bits per heavy atom. The van der Waals surface area contributed by atoms with Crippen LogP contribution in [0.4, 0.5) is 5.69 Å². The number of halogens is 1. The lowest BCUT2D eigenvalue weighted by molar-refractivity contribution is -0.114. The van der Waals surface area contributed by atoms with Gasteiger partial charge in [0, 0.05) is 51.8 Å². The van der Waals surface area contributed by atoms with Gasteiger partial charge in [-0.2, -0.15) is 0 Å². The molecule has 6 nitrogen and oxygen atoms in total. The number of carbonyl (C=O) groups excluding carboxylic acids is 1. The predicted molar refractivity (Wildman–Crippen MR) is 117 cm³/mol. The van der Waals surface area contributed by atoms with E-state index >= 15 is 0 Å². The van der Waals surface area contributed by atoms with Gasteiger partial charge in [0.25, 0.3) is 0 Å². The second-order valence-electron chi connectivity index (χ2n) is 6.47. The molecule has 26 heavy (non-hydrogen) atoms. The molecule has 0 aromatic heterocycles. The SMILES string of the molecule is CCNC(=NCCc1ccc(NC(C)=O)cc1)N(C)CC1CCOC1.I. The number of rotatable bonds is 7. The Labute approximate surface area is 173 Å². The molecule has 1 fully saturated rings. The van der Waals surface area contributed by atoms with Crippen molar-refractivity contribution < 1.29 is 9.53 Å². The average Bonchev–Trinajstić information content (AvgIpc) is 3.08. The summed E-state index contributed by atoms with van der Waals surface area (Å²) >= 11 is 0. The largest absolute Gasteiger partial charge is 0.381 e. The van der Waals surface area contributed by atoms with Crippen molar-refractivity contribution in [3.8, 4) is 0 Å². The number of nitrogens with one attached hydrogen (secondary N) is 2. The Kier molecular flexibility index (Phi) is 10.6. The van der Waals surface area contributed by atoms with Gasteiger partial charge in [0.05, 0.1) is 6.61 Å². The number of benzene rings is 1. The van der Waals surface area contributed by atoms with E-state index in [9.17, 15) is 4.79 Å². The minimum absolute atomic E-state index is 0. The fraction of sp³-hybridized carbons (Fsp3) is 0.579. The van der Waals surface area contributed by atoms with Crippen LogP contribution in [0.1, 0.15) is 25.8 Å².